The van der Waals surface area contributed by atoms with E-state index in [9.17, 15) is 4.79 Å². The van der Waals surface area contributed by atoms with Gasteiger partial charge in [0, 0.05) is 26.0 Å². The summed E-state index contributed by atoms with van der Waals surface area (Å²) in [6, 6.07) is 6.74. The van der Waals surface area contributed by atoms with E-state index in [1.165, 1.54) is 11.0 Å². The number of hydrogen-bond acceptors (Lipinski definition) is 6. The number of aromatic nitrogens is 6. The lowest BCUT2D eigenvalue weighted by Crippen LogP contribution is -2.36. The predicted octanol–water partition coefficient (Wildman–Crippen LogP) is 1.21. The molecule has 3 rings (SSSR count). The van der Waals surface area contributed by atoms with Crippen LogP contribution in [0.4, 0.5) is 10.5 Å². The lowest BCUT2D eigenvalue weighted by Gasteiger charge is -2.19. The third-order valence-electron chi connectivity index (χ3n) is 3.94. The van der Waals surface area contributed by atoms with Crippen molar-refractivity contribution in [3.05, 3.63) is 48.0 Å². The van der Waals surface area contributed by atoms with Gasteiger partial charge in [0.1, 0.15) is 6.33 Å². The number of amides is 2. The van der Waals surface area contributed by atoms with Gasteiger partial charge in [0.2, 0.25) is 0 Å². The highest BCUT2D eigenvalue weighted by atomic mass is 16.5. The van der Waals surface area contributed by atoms with Crippen molar-refractivity contribution in [2.75, 3.05) is 19.0 Å². The summed E-state index contributed by atoms with van der Waals surface area (Å²) in [6.07, 6.45) is 3.17. The first-order valence-corrected chi connectivity index (χ1v) is 7.97. The van der Waals surface area contributed by atoms with Crippen LogP contribution in [0, 0.1) is 6.92 Å². The molecule has 0 spiro atoms. The van der Waals surface area contributed by atoms with Gasteiger partial charge in [0.25, 0.3) is 0 Å². The van der Waals surface area contributed by atoms with Gasteiger partial charge in [0.05, 0.1) is 24.0 Å². The summed E-state index contributed by atoms with van der Waals surface area (Å²) in [4.78, 5) is 12.5. The summed E-state index contributed by atoms with van der Waals surface area (Å²) in [5, 5.41) is 21.0. The zero-order valence-corrected chi connectivity index (χ0v) is 14.7. The van der Waals surface area contributed by atoms with Crippen molar-refractivity contribution >= 4 is 11.7 Å². The van der Waals surface area contributed by atoms with Crippen molar-refractivity contribution in [1.82, 2.24) is 35.3 Å². The van der Waals surface area contributed by atoms with E-state index in [2.05, 4.69) is 31.3 Å². The Balaban J connectivity index is 1.75. The molecule has 10 nitrogen and oxygen atoms in total. The molecule has 10 heteroatoms. The van der Waals surface area contributed by atoms with Crippen LogP contribution < -0.4 is 10.6 Å². The molecule has 0 radical (unpaired) electrons. The van der Waals surface area contributed by atoms with Gasteiger partial charge in [-0.1, -0.05) is 6.07 Å². The van der Waals surface area contributed by atoms with E-state index >= 15 is 0 Å². The van der Waals surface area contributed by atoms with E-state index in [0.29, 0.717) is 12.3 Å². The molecule has 0 aliphatic rings. The molecule has 0 aliphatic heterocycles. The van der Waals surface area contributed by atoms with Crippen molar-refractivity contribution < 1.29 is 9.53 Å². The first-order valence-electron chi connectivity index (χ1n) is 7.97. The van der Waals surface area contributed by atoms with Gasteiger partial charge in [0.15, 0.2) is 0 Å². The van der Waals surface area contributed by atoms with Crippen LogP contribution >= 0.6 is 0 Å². The third-order valence-corrected chi connectivity index (χ3v) is 3.94. The van der Waals surface area contributed by atoms with Gasteiger partial charge in [-0.25, -0.2) is 9.48 Å². The predicted molar refractivity (Wildman–Crippen MR) is 93.9 cm³/mol. The van der Waals surface area contributed by atoms with E-state index < -0.39 is 0 Å². The molecule has 0 fully saturated rings. The lowest BCUT2D eigenvalue weighted by atomic mass is 10.2. The second-order valence-electron chi connectivity index (χ2n) is 5.74. The van der Waals surface area contributed by atoms with E-state index in [0.717, 1.165) is 16.9 Å². The number of carbonyl (C=O) groups is 1. The average molecular weight is 356 g/mol. The molecule has 1 atom stereocenters. The number of rotatable bonds is 6. The fourth-order valence-electron chi connectivity index (χ4n) is 2.58. The summed E-state index contributed by atoms with van der Waals surface area (Å²) in [5.41, 5.74) is 3.18. The SMILES string of the molecule is COC[C@H](NC(=O)Nc1cc(-n2cnnn2)ccc1C)c1ccnn1C. The number of urea groups is 1. The van der Waals surface area contributed by atoms with Crippen LogP contribution in [-0.2, 0) is 11.8 Å². The average Bonchev–Trinajstić information content (AvgIpc) is 3.28. The topological polar surface area (TPSA) is 112 Å². The van der Waals surface area contributed by atoms with E-state index in [-0.39, 0.29) is 12.1 Å². The first kappa shape index (κ1) is 17.5. The summed E-state index contributed by atoms with van der Waals surface area (Å²) in [7, 11) is 3.40. The highest BCUT2D eigenvalue weighted by Gasteiger charge is 2.18. The zero-order chi connectivity index (χ0) is 18.5. The molecule has 2 heterocycles. The van der Waals surface area contributed by atoms with Gasteiger partial charge in [-0.05, 0) is 41.1 Å². The molecule has 0 saturated heterocycles. The van der Waals surface area contributed by atoms with Gasteiger partial charge in [-0.15, -0.1) is 5.10 Å². The Labute approximate surface area is 150 Å². The van der Waals surface area contributed by atoms with Crippen LogP contribution in [0.1, 0.15) is 17.3 Å². The highest BCUT2D eigenvalue weighted by Crippen LogP contribution is 2.19. The van der Waals surface area contributed by atoms with E-state index in [1.54, 1.807) is 24.1 Å². The maximum Gasteiger partial charge on any atom is 0.319 e. The minimum absolute atomic E-state index is 0.324. The van der Waals surface area contributed by atoms with Crippen molar-refractivity contribution in [2.45, 2.75) is 13.0 Å². The largest absolute Gasteiger partial charge is 0.382 e. The highest BCUT2D eigenvalue weighted by molar-refractivity contribution is 5.90. The molecular formula is C16H20N8O2. The quantitative estimate of drug-likeness (QED) is 0.687. The first-order chi connectivity index (χ1) is 12.6. The number of ether oxygens (including phenoxy) is 1. The Morgan fingerprint density at radius 3 is 2.85 bits per heavy atom. The van der Waals surface area contributed by atoms with Gasteiger partial charge in [-0.2, -0.15) is 5.10 Å². The fraction of sp³-hybridized carbons (Fsp3) is 0.312. The summed E-state index contributed by atoms with van der Waals surface area (Å²) < 4.78 is 8.44. The van der Waals surface area contributed by atoms with Gasteiger partial charge < -0.3 is 15.4 Å². The zero-order valence-electron chi connectivity index (χ0n) is 14.7. The second kappa shape index (κ2) is 7.74. The number of hydrogen-bond donors (Lipinski definition) is 2. The molecule has 2 aromatic heterocycles. The summed E-state index contributed by atoms with van der Waals surface area (Å²) in [5.74, 6) is 0. The van der Waals surface area contributed by atoms with Gasteiger partial charge >= 0.3 is 6.03 Å². The van der Waals surface area contributed by atoms with Crippen molar-refractivity contribution in [2.24, 2.45) is 7.05 Å². The van der Waals surface area contributed by atoms with Crippen LogP contribution in [0.2, 0.25) is 0 Å². The van der Waals surface area contributed by atoms with E-state index in [1.807, 2.05) is 32.2 Å². The number of carbonyl (C=O) groups excluding carboxylic acids is 1. The van der Waals surface area contributed by atoms with Crippen LogP contribution in [0.15, 0.2) is 36.8 Å². The third kappa shape index (κ3) is 3.86. The Hall–Kier alpha value is -3.27. The molecule has 3 aromatic rings. The lowest BCUT2D eigenvalue weighted by molar-refractivity contribution is 0.165. The second-order valence-corrected chi connectivity index (χ2v) is 5.74. The maximum atomic E-state index is 12.5. The number of methoxy groups -OCH3 is 1. The molecule has 0 bridgehead atoms. The fourth-order valence-corrected chi connectivity index (χ4v) is 2.58. The normalized spacial score (nSPS) is 12.0. The van der Waals surface area contributed by atoms with Crippen LogP contribution in [-0.4, -0.2) is 49.7 Å². The molecule has 1 aromatic carbocycles. The van der Waals surface area contributed by atoms with Crippen LogP contribution in [0.5, 0.6) is 0 Å². The van der Waals surface area contributed by atoms with E-state index in [4.69, 9.17) is 4.74 Å². The Bertz CT molecular complexity index is 874. The van der Waals surface area contributed by atoms with Crippen molar-refractivity contribution in [1.29, 1.82) is 0 Å². The van der Waals surface area contributed by atoms with Crippen molar-refractivity contribution in [3.63, 3.8) is 0 Å². The molecule has 0 saturated carbocycles. The van der Waals surface area contributed by atoms with Gasteiger partial charge in [-0.3, -0.25) is 4.68 Å². The molecule has 0 unspecified atom stereocenters. The summed E-state index contributed by atoms with van der Waals surface area (Å²) >= 11 is 0. The molecule has 0 aliphatic carbocycles. The van der Waals surface area contributed by atoms with Crippen LogP contribution in [0.25, 0.3) is 5.69 Å². The molecule has 2 amide bonds. The Morgan fingerprint density at radius 2 is 2.19 bits per heavy atom. The Morgan fingerprint density at radius 1 is 1.35 bits per heavy atom. The number of aryl methyl sites for hydroxylation is 2. The summed E-state index contributed by atoms with van der Waals surface area (Å²) in [6.45, 7) is 2.24. The molecular weight excluding hydrogens is 336 g/mol. The minimum atomic E-state index is -0.342. The standard InChI is InChI=1S/C16H20N8O2/c1-11-4-5-12(24-10-17-21-22-24)8-13(11)19-16(25)20-14(9-26-3)15-6-7-18-23(15)2/h4-8,10,14H,9H2,1-3H3,(H2,19,20,25)/t14-/m0/s1. The number of nitrogens with zero attached hydrogens (tertiary/aromatic N) is 6. The smallest absolute Gasteiger partial charge is 0.319 e. The maximum absolute atomic E-state index is 12.5. The molecule has 136 valence electrons. The minimum Gasteiger partial charge on any atom is -0.382 e. The molecule has 26 heavy (non-hydrogen) atoms. The van der Waals surface area contributed by atoms with Crippen molar-refractivity contribution in [3.8, 4) is 5.69 Å². The molecule has 2 N–H and O–H groups in total. The number of benzene rings is 1. The number of tetrazole rings is 1. The number of anilines is 1. The Kier molecular flexibility index (Phi) is 5.23. The van der Waals surface area contributed by atoms with Crippen LogP contribution in [0.3, 0.4) is 0 Å². The number of nitrogens with one attached hydrogen (secondary N) is 2. The monoisotopic (exact) mass is 356 g/mol.